The molecule has 0 saturated carbocycles. The second-order valence-electron chi connectivity index (χ2n) is 1.22. The van der Waals surface area contributed by atoms with Gasteiger partial charge in [0.15, 0.2) is 0 Å². The molecule has 0 saturated heterocycles. The van der Waals surface area contributed by atoms with Gasteiger partial charge in [0.05, 0.1) is 12.5 Å². The molecular weight excluding hydrogens is 108 g/mol. The van der Waals surface area contributed by atoms with Gasteiger partial charge in [-0.2, -0.15) is 0 Å². The zero-order valence-corrected chi connectivity index (χ0v) is 4.09. The van der Waals surface area contributed by atoms with Gasteiger partial charge in [-0.1, -0.05) is 6.85 Å². The molecule has 2 N–H and O–H groups in total. The van der Waals surface area contributed by atoms with E-state index in [1.165, 1.54) is 0 Å². The highest BCUT2D eigenvalue weighted by molar-refractivity contribution is 5.69. The summed E-state index contributed by atoms with van der Waals surface area (Å²) in [6.07, 6.45) is -2.92. The van der Waals surface area contributed by atoms with Crippen molar-refractivity contribution in [1.29, 1.82) is 0 Å². The first-order valence-electron chi connectivity index (χ1n) is 4.48. The zero-order chi connectivity index (χ0) is 10.9. The Morgan fingerprint density at radius 3 is 2.88 bits per heavy atom. The summed E-state index contributed by atoms with van der Waals surface area (Å²) in [5.74, 6) is -3.59. The van der Waals surface area contributed by atoms with E-state index in [0.29, 0.717) is 0 Å². The van der Waals surface area contributed by atoms with Gasteiger partial charge in [0, 0.05) is 6.85 Å². The van der Waals surface area contributed by atoms with E-state index in [2.05, 4.69) is 0 Å². The third-order valence-electron chi connectivity index (χ3n) is 0.655. The van der Waals surface area contributed by atoms with E-state index in [1.54, 1.807) is 0 Å². The van der Waals surface area contributed by atoms with Crippen molar-refractivity contribution in [3.63, 3.8) is 0 Å². The molecular formula is C5H10O3. The van der Waals surface area contributed by atoms with E-state index in [4.69, 9.17) is 17.1 Å². The van der Waals surface area contributed by atoms with Crippen molar-refractivity contribution in [2.45, 2.75) is 13.2 Å². The van der Waals surface area contributed by atoms with E-state index in [1.807, 2.05) is 0 Å². The van der Waals surface area contributed by atoms with E-state index >= 15 is 0 Å². The summed E-state index contributed by atoms with van der Waals surface area (Å²) >= 11 is 0. The summed E-state index contributed by atoms with van der Waals surface area (Å²) in [6.45, 7) is -4.10. The van der Waals surface area contributed by atoms with Gasteiger partial charge in [-0.15, -0.1) is 0 Å². The predicted octanol–water partition coefficient (Wildman–Crippen LogP) is 0.0895. The van der Waals surface area contributed by atoms with E-state index in [-0.39, 0.29) is 0 Å². The molecule has 3 heteroatoms. The molecule has 1 atom stereocenters. The number of aliphatic hydroxyl groups is 1. The van der Waals surface area contributed by atoms with Crippen LogP contribution < -0.4 is 0 Å². The molecule has 0 aromatic carbocycles. The van der Waals surface area contributed by atoms with Crippen LogP contribution in [0.25, 0.3) is 0 Å². The standard InChI is InChI=1S/C5H10O3/c1-2-4(3-6)5(7)8/h4,6H,2-3H2,1H3,(H,7,8)/i1D3,2D2. The SMILES string of the molecule is [2H]C([2H])([2H])C([2H])([2H])C(CO)C(=O)O. The fraction of sp³-hybridized carbons (Fsp3) is 0.800. The van der Waals surface area contributed by atoms with E-state index < -0.39 is 31.7 Å². The Morgan fingerprint density at radius 2 is 2.75 bits per heavy atom. The molecule has 0 aliphatic carbocycles. The number of aliphatic hydroxyl groups excluding tert-OH is 1. The lowest BCUT2D eigenvalue weighted by molar-refractivity contribution is -0.143. The van der Waals surface area contributed by atoms with Crippen LogP contribution in [-0.4, -0.2) is 22.8 Å². The Labute approximate surface area is 55.0 Å². The number of carbonyl (C=O) groups is 1. The Bertz CT molecular complexity index is 199. The Balaban J connectivity index is 4.89. The monoisotopic (exact) mass is 123 g/mol. The Kier molecular flexibility index (Phi) is 1.01. The van der Waals surface area contributed by atoms with Crippen molar-refractivity contribution >= 4 is 5.97 Å². The van der Waals surface area contributed by atoms with Gasteiger partial charge in [-0.3, -0.25) is 4.79 Å². The molecule has 3 nitrogen and oxygen atoms in total. The van der Waals surface area contributed by atoms with Gasteiger partial charge in [0.1, 0.15) is 0 Å². The normalized spacial score (nSPS) is 25.9. The summed E-state index contributed by atoms with van der Waals surface area (Å²) in [4.78, 5) is 10.4. The molecule has 0 spiro atoms. The van der Waals surface area contributed by atoms with Crippen LogP contribution >= 0.6 is 0 Å². The summed E-state index contributed by atoms with van der Waals surface area (Å²) in [5, 5.41) is 16.9. The number of carboxylic acid groups (broad SMARTS) is 1. The van der Waals surface area contributed by atoms with Crippen LogP contribution in [0.1, 0.15) is 20.1 Å². The third kappa shape index (κ3) is 1.93. The van der Waals surface area contributed by atoms with Crippen molar-refractivity contribution < 1.29 is 21.9 Å². The third-order valence-corrected chi connectivity index (χ3v) is 0.655. The van der Waals surface area contributed by atoms with E-state index in [0.717, 1.165) is 0 Å². The summed E-state index contributed by atoms with van der Waals surface area (Å²) < 4.78 is 34.3. The minimum atomic E-state index is -3.06. The Morgan fingerprint density at radius 1 is 2.12 bits per heavy atom. The number of aliphatic carboxylic acids is 1. The molecule has 0 radical (unpaired) electrons. The molecule has 1 unspecified atom stereocenters. The van der Waals surface area contributed by atoms with Crippen LogP contribution in [0.15, 0.2) is 0 Å². The largest absolute Gasteiger partial charge is 0.481 e. The maximum Gasteiger partial charge on any atom is 0.308 e. The first-order valence-corrected chi connectivity index (χ1v) is 1.98. The molecule has 48 valence electrons. The van der Waals surface area contributed by atoms with Gasteiger partial charge in [0.2, 0.25) is 0 Å². The maximum atomic E-state index is 10.4. The van der Waals surface area contributed by atoms with Crippen LogP contribution in [0, 0.1) is 5.92 Å². The van der Waals surface area contributed by atoms with Crippen LogP contribution in [0.2, 0.25) is 0 Å². The molecule has 0 bridgehead atoms. The number of hydrogen-bond donors (Lipinski definition) is 2. The molecule has 0 aromatic heterocycles. The van der Waals surface area contributed by atoms with Crippen LogP contribution in [0.3, 0.4) is 0 Å². The van der Waals surface area contributed by atoms with Crippen molar-refractivity contribution in [2.24, 2.45) is 5.92 Å². The van der Waals surface area contributed by atoms with Crippen molar-refractivity contribution in [1.82, 2.24) is 0 Å². The fourth-order valence-corrected chi connectivity index (χ4v) is 0.185. The summed E-state index contributed by atoms with van der Waals surface area (Å²) in [5.41, 5.74) is 0. The first-order chi connectivity index (χ1) is 5.64. The number of rotatable bonds is 3. The van der Waals surface area contributed by atoms with Gasteiger partial charge >= 0.3 is 5.97 Å². The Hall–Kier alpha value is -0.570. The highest BCUT2D eigenvalue weighted by Gasteiger charge is 2.11. The average Bonchev–Trinajstić information content (AvgIpc) is 1.83. The lowest BCUT2D eigenvalue weighted by Gasteiger charge is -2.01. The van der Waals surface area contributed by atoms with Gasteiger partial charge in [0.25, 0.3) is 0 Å². The second kappa shape index (κ2) is 3.43. The van der Waals surface area contributed by atoms with Gasteiger partial charge in [-0.05, 0) is 6.37 Å². The fourth-order valence-electron chi connectivity index (χ4n) is 0.185. The minimum absolute atomic E-state index is 1.04. The van der Waals surface area contributed by atoms with Gasteiger partial charge in [-0.25, -0.2) is 0 Å². The molecule has 0 aromatic rings. The quantitative estimate of drug-likeness (QED) is 0.559. The van der Waals surface area contributed by atoms with Crippen LogP contribution in [0.4, 0.5) is 0 Å². The highest BCUT2D eigenvalue weighted by atomic mass is 16.4. The number of hydrogen-bond acceptors (Lipinski definition) is 2. The molecule has 0 aliphatic rings. The predicted molar refractivity (Wildman–Crippen MR) is 28.5 cm³/mol. The van der Waals surface area contributed by atoms with E-state index in [9.17, 15) is 4.79 Å². The maximum absolute atomic E-state index is 10.4. The molecule has 8 heavy (non-hydrogen) atoms. The minimum Gasteiger partial charge on any atom is -0.481 e. The lowest BCUT2D eigenvalue weighted by Crippen LogP contribution is -2.16. The zero-order valence-electron chi connectivity index (χ0n) is 9.09. The summed E-state index contributed by atoms with van der Waals surface area (Å²) in [6, 6.07) is 0. The average molecular weight is 123 g/mol. The summed E-state index contributed by atoms with van der Waals surface area (Å²) in [7, 11) is 0. The smallest absolute Gasteiger partial charge is 0.308 e. The second-order valence-corrected chi connectivity index (χ2v) is 1.22. The molecule has 0 amide bonds. The lowest BCUT2D eigenvalue weighted by atomic mass is 10.1. The molecule has 0 aliphatic heterocycles. The van der Waals surface area contributed by atoms with Crippen molar-refractivity contribution in [2.75, 3.05) is 6.61 Å². The van der Waals surface area contributed by atoms with Gasteiger partial charge < -0.3 is 10.2 Å². The van der Waals surface area contributed by atoms with Crippen molar-refractivity contribution in [3.05, 3.63) is 0 Å². The van der Waals surface area contributed by atoms with Crippen LogP contribution in [0.5, 0.6) is 0 Å². The highest BCUT2D eigenvalue weighted by Crippen LogP contribution is 1.98. The van der Waals surface area contributed by atoms with Crippen LogP contribution in [-0.2, 0) is 4.79 Å². The number of carboxylic acids is 1. The molecule has 0 heterocycles. The molecule has 0 rings (SSSR count). The molecule has 0 fully saturated rings. The van der Waals surface area contributed by atoms with Crippen molar-refractivity contribution in [3.8, 4) is 0 Å². The topological polar surface area (TPSA) is 57.5 Å². The first kappa shape index (κ1) is 2.35.